The molecule has 1 N–H and O–H groups in total. The van der Waals surface area contributed by atoms with Crippen LogP contribution in [0.15, 0.2) is 48.5 Å². The van der Waals surface area contributed by atoms with Crippen molar-refractivity contribution < 1.29 is 24.2 Å². The lowest BCUT2D eigenvalue weighted by atomic mass is 10.0. The molecule has 0 bridgehead atoms. The van der Waals surface area contributed by atoms with E-state index in [1.165, 1.54) is 6.07 Å². The zero-order chi connectivity index (χ0) is 16.1. The zero-order valence-corrected chi connectivity index (χ0v) is 11.9. The number of carbonyl (C=O) groups is 3. The largest absolute Gasteiger partial charge is 0.475 e. The summed E-state index contributed by atoms with van der Waals surface area (Å²) in [4.78, 5) is 33.8. The average Bonchev–Trinajstić information content (AvgIpc) is 2.50. The summed E-state index contributed by atoms with van der Waals surface area (Å²) in [5.41, 5.74) is 1.25. The third-order valence-corrected chi connectivity index (χ3v) is 3.00. The van der Waals surface area contributed by atoms with Crippen molar-refractivity contribution in [1.29, 1.82) is 0 Å². The maximum absolute atomic E-state index is 12.1. The summed E-state index contributed by atoms with van der Waals surface area (Å²) in [6, 6.07) is 13.7. The zero-order valence-electron chi connectivity index (χ0n) is 11.9. The Bertz CT molecular complexity index is 716. The SMILES string of the molecule is Cc1ccc(Oc2ccccc2C(=O)CC(=O)C(=O)O)cc1. The predicted molar refractivity (Wildman–Crippen MR) is 79.3 cm³/mol. The van der Waals surface area contributed by atoms with Crippen molar-refractivity contribution in [2.45, 2.75) is 13.3 Å². The Morgan fingerprint density at radius 3 is 2.27 bits per heavy atom. The number of ketones is 2. The van der Waals surface area contributed by atoms with Gasteiger partial charge in [0, 0.05) is 0 Å². The second-order valence-electron chi connectivity index (χ2n) is 4.74. The van der Waals surface area contributed by atoms with Crippen molar-refractivity contribution in [2.24, 2.45) is 0 Å². The van der Waals surface area contributed by atoms with Gasteiger partial charge in [-0.15, -0.1) is 0 Å². The van der Waals surface area contributed by atoms with E-state index < -0.39 is 24.0 Å². The van der Waals surface area contributed by atoms with Gasteiger partial charge >= 0.3 is 5.97 Å². The molecule has 0 unspecified atom stereocenters. The molecule has 0 saturated carbocycles. The molecule has 5 heteroatoms. The van der Waals surface area contributed by atoms with E-state index in [-0.39, 0.29) is 11.3 Å². The molecule has 2 aromatic carbocycles. The topological polar surface area (TPSA) is 80.7 Å². The summed E-state index contributed by atoms with van der Waals surface area (Å²) in [5, 5.41) is 8.58. The van der Waals surface area contributed by atoms with Gasteiger partial charge in [-0.25, -0.2) is 4.79 Å². The van der Waals surface area contributed by atoms with E-state index in [4.69, 9.17) is 9.84 Å². The van der Waals surface area contributed by atoms with Crippen molar-refractivity contribution >= 4 is 17.5 Å². The van der Waals surface area contributed by atoms with E-state index >= 15 is 0 Å². The van der Waals surface area contributed by atoms with Crippen molar-refractivity contribution in [2.75, 3.05) is 0 Å². The lowest BCUT2D eigenvalue weighted by molar-refractivity contribution is -0.148. The van der Waals surface area contributed by atoms with Crippen LogP contribution in [0.4, 0.5) is 0 Å². The van der Waals surface area contributed by atoms with E-state index in [9.17, 15) is 14.4 Å². The van der Waals surface area contributed by atoms with E-state index in [2.05, 4.69) is 0 Å². The minimum absolute atomic E-state index is 0.178. The van der Waals surface area contributed by atoms with Gasteiger partial charge < -0.3 is 9.84 Å². The Labute approximate surface area is 127 Å². The van der Waals surface area contributed by atoms with Crippen molar-refractivity contribution in [3.05, 3.63) is 59.7 Å². The predicted octanol–water partition coefficient (Wildman–Crippen LogP) is 3.01. The fourth-order valence-electron chi connectivity index (χ4n) is 1.84. The number of hydrogen-bond donors (Lipinski definition) is 1. The third-order valence-electron chi connectivity index (χ3n) is 3.00. The minimum atomic E-state index is -1.62. The number of rotatable bonds is 6. The number of benzene rings is 2. The summed E-state index contributed by atoms with van der Waals surface area (Å²) in [5.74, 6) is -2.51. The van der Waals surface area contributed by atoms with Crippen molar-refractivity contribution in [1.82, 2.24) is 0 Å². The molecule has 0 spiro atoms. The molecule has 2 aromatic rings. The van der Waals surface area contributed by atoms with E-state index in [0.29, 0.717) is 5.75 Å². The number of aryl methyl sites for hydroxylation is 1. The fourth-order valence-corrected chi connectivity index (χ4v) is 1.84. The van der Waals surface area contributed by atoms with Gasteiger partial charge in [0.2, 0.25) is 5.78 Å². The van der Waals surface area contributed by atoms with Gasteiger partial charge in [0.15, 0.2) is 5.78 Å². The van der Waals surface area contributed by atoms with Crippen LogP contribution in [0.5, 0.6) is 11.5 Å². The van der Waals surface area contributed by atoms with Crippen molar-refractivity contribution in [3.8, 4) is 11.5 Å². The Hall–Kier alpha value is -2.95. The molecular formula is C17H14O5. The first-order chi connectivity index (χ1) is 10.5. The average molecular weight is 298 g/mol. The molecule has 0 amide bonds. The molecule has 0 fully saturated rings. The molecule has 22 heavy (non-hydrogen) atoms. The van der Waals surface area contributed by atoms with Crippen LogP contribution in [0.1, 0.15) is 22.3 Å². The first kappa shape index (κ1) is 15.4. The molecule has 0 heterocycles. The highest BCUT2D eigenvalue weighted by Crippen LogP contribution is 2.26. The van der Waals surface area contributed by atoms with E-state index in [1.54, 1.807) is 30.3 Å². The van der Waals surface area contributed by atoms with Gasteiger partial charge in [-0.05, 0) is 31.2 Å². The summed E-state index contributed by atoms with van der Waals surface area (Å²) >= 11 is 0. The molecule has 0 saturated heterocycles. The number of carbonyl (C=O) groups excluding carboxylic acids is 2. The van der Waals surface area contributed by atoms with E-state index in [1.807, 2.05) is 19.1 Å². The smallest absolute Gasteiger partial charge is 0.372 e. The highest BCUT2D eigenvalue weighted by Gasteiger charge is 2.20. The number of carboxylic acid groups (broad SMARTS) is 1. The van der Waals surface area contributed by atoms with Gasteiger partial charge in [0.05, 0.1) is 12.0 Å². The van der Waals surface area contributed by atoms with Crippen LogP contribution in [-0.4, -0.2) is 22.6 Å². The first-order valence-electron chi connectivity index (χ1n) is 6.60. The van der Waals surface area contributed by atoms with Crippen molar-refractivity contribution in [3.63, 3.8) is 0 Å². The highest BCUT2D eigenvalue weighted by molar-refractivity contribution is 6.37. The molecule has 5 nitrogen and oxygen atoms in total. The summed E-state index contributed by atoms with van der Waals surface area (Å²) in [7, 11) is 0. The lowest BCUT2D eigenvalue weighted by Crippen LogP contribution is -2.17. The number of para-hydroxylation sites is 1. The van der Waals surface area contributed by atoms with Gasteiger partial charge in [-0.3, -0.25) is 9.59 Å². The molecular weight excluding hydrogens is 284 g/mol. The molecule has 0 aromatic heterocycles. The second kappa shape index (κ2) is 6.67. The monoisotopic (exact) mass is 298 g/mol. The second-order valence-corrected chi connectivity index (χ2v) is 4.74. The quantitative estimate of drug-likeness (QED) is 0.503. The molecule has 0 radical (unpaired) electrons. The Balaban J connectivity index is 2.23. The Morgan fingerprint density at radius 2 is 1.64 bits per heavy atom. The van der Waals surface area contributed by atoms with Gasteiger partial charge in [0.1, 0.15) is 11.5 Å². The number of carboxylic acids is 1. The minimum Gasteiger partial charge on any atom is -0.475 e. The number of hydrogen-bond acceptors (Lipinski definition) is 4. The maximum Gasteiger partial charge on any atom is 0.372 e. The van der Waals surface area contributed by atoms with Crippen LogP contribution in [0.2, 0.25) is 0 Å². The number of aliphatic carboxylic acids is 1. The van der Waals surface area contributed by atoms with Crippen LogP contribution < -0.4 is 4.74 Å². The van der Waals surface area contributed by atoms with E-state index in [0.717, 1.165) is 5.56 Å². The van der Waals surface area contributed by atoms with Gasteiger partial charge in [-0.2, -0.15) is 0 Å². The lowest BCUT2D eigenvalue weighted by Gasteiger charge is -2.10. The fraction of sp³-hybridized carbons (Fsp3) is 0.118. The summed E-state index contributed by atoms with van der Waals surface area (Å²) in [6.07, 6.45) is -0.691. The number of ether oxygens (including phenoxy) is 1. The van der Waals surface area contributed by atoms with Gasteiger partial charge in [-0.1, -0.05) is 29.8 Å². The van der Waals surface area contributed by atoms with Crippen LogP contribution in [0.25, 0.3) is 0 Å². The Kier molecular flexibility index (Phi) is 4.68. The van der Waals surface area contributed by atoms with Crippen LogP contribution >= 0.6 is 0 Å². The summed E-state index contributed by atoms with van der Waals surface area (Å²) < 4.78 is 5.65. The molecule has 0 aliphatic carbocycles. The normalized spacial score (nSPS) is 10.0. The maximum atomic E-state index is 12.1. The highest BCUT2D eigenvalue weighted by atomic mass is 16.5. The van der Waals surface area contributed by atoms with Crippen LogP contribution in [0, 0.1) is 6.92 Å². The van der Waals surface area contributed by atoms with Gasteiger partial charge in [0.25, 0.3) is 0 Å². The third kappa shape index (κ3) is 3.79. The van der Waals surface area contributed by atoms with Crippen LogP contribution in [0.3, 0.4) is 0 Å². The molecule has 112 valence electrons. The summed E-state index contributed by atoms with van der Waals surface area (Å²) in [6.45, 7) is 1.94. The Morgan fingerprint density at radius 1 is 1.00 bits per heavy atom. The number of Topliss-reactive ketones (excluding diaryl/α,β-unsaturated/α-hetero) is 2. The standard InChI is InChI=1S/C17H14O5/c1-11-6-8-12(9-7-11)22-16-5-3-2-4-13(16)14(18)10-15(19)17(20)21/h2-9H,10H2,1H3,(H,20,21). The first-order valence-corrected chi connectivity index (χ1v) is 6.60. The van der Waals surface area contributed by atoms with Crippen LogP contribution in [-0.2, 0) is 9.59 Å². The molecule has 2 rings (SSSR count). The molecule has 0 atom stereocenters. The molecule has 0 aliphatic rings. The molecule has 0 aliphatic heterocycles.